The summed E-state index contributed by atoms with van der Waals surface area (Å²) in [5, 5.41) is 21.7. The van der Waals surface area contributed by atoms with E-state index in [1.54, 1.807) is 16.8 Å². The summed E-state index contributed by atoms with van der Waals surface area (Å²) in [5.74, 6) is 6.54. The summed E-state index contributed by atoms with van der Waals surface area (Å²) in [6.07, 6.45) is 21.5. The minimum absolute atomic E-state index is 0.286. The molecule has 0 radical (unpaired) electrons. The van der Waals surface area contributed by atoms with E-state index in [0.29, 0.717) is 63.4 Å². The van der Waals surface area contributed by atoms with Gasteiger partial charge in [-0.25, -0.2) is 82.3 Å². The molecular weight excluding hydrogens is 1520 g/mol. The fourth-order valence-corrected chi connectivity index (χ4v) is 16.8. The van der Waals surface area contributed by atoms with E-state index in [0.717, 1.165) is 215 Å². The van der Waals surface area contributed by atoms with E-state index >= 15 is 4.39 Å². The fraction of sp³-hybridized carbons (Fsp3) is 0.177. The van der Waals surface area contributed by atoms with Crippen molar-refractivity contribution in [1.29, 1.82) is 0 Å². The number of hydrogen-bond donors (Lipinski definition) is 4. The molecule has 0 aliphatic heterocycles. The number of anilines is 4. The van der Waals surface area contributed by atoms with Crippen LogP contribution in [-0.4, -0.2) is 103 Å². The normalized spacial score (nSPS) is 14.2. The molecule has 7 aromatic carbocycles. The third-order valence-corrected chi connectivity index (χ3v) is 24.2. The zero-order chi connectivity index (χ0) is 82.1. The second kappa shape index (κ2) is 31.2. The highest BCUT2D eigenvalue weighted by atomic mass is 19.1. The van der Waals surface area contributed by atoms with Crippen LogP contribution >= 0.6 is 0 Å². The molecule has 4 aliphatic carbocycles. The maximum Gasteiger partial charge on any atom is 0.158 e. The minimum Gasteiger partial charge on any atom is -0.382 e. The molecule has 13 aromatic heterocycles. The van der Waals surface area contributed by atoms with Crippen molar-refractivity contribution in [2.24, 2.45) is 0 Å². The van der Waals surface area contributed by atoms with Crippen molar-refractivity contribution in [3.8, 4) is 90.2 Å². The summed E-state index contributed by atoms with van der Waals surface area (Å²) in [6, 6.07) is 72.6. The first-order chi connectivity index (χ1) is 59.9. The lowest BCUT2D eigenvalue weighted by Gasteiger charge is -2.23. The molecule has 0 spiro atoms. The predicted molar refractivity (Wildman–Crippen MR) is 474 cm³/mol. The average Bonchev–Trinajstić information content (AvgIpc) is 1.60. The third kappa shape index (κ3) is 13.6. The van der Waals surface area contributed by atoms with Gasteiger partial charge < -0.3 is 22.9 Å². The number of nitrogens with two attached hydrogens (primary N) is 4. The van der Waals surface area contributed by atoms with E-state index in [9.17, 15) is 0 Å². The Hall–Kier alpha value is -15.3. The molecule has 26 heteroatoms. The van der Waals surface area contributed by atoms with Crippen LogP contribution in [0.15, 0.2) is 250 Å². The highest BCUT2D eigenvalue weighted by molar-refractivity contribution is 5.96. The first-order valence-corrected chi connectivity index (χ1v) is 41.3. The summed E-state index contributed by atoms with van der Waals surface area (Å²) in [7, 11) is 0. The summed E-state index contributed by atoms with van der Waals surface area (Å²) in [6.45, 7) is 2.13. The van der Waals surface area contributed by atoms with Crippen molar-refractivity contribution in [3.05, 3.63) is 285 Å². The molecule has 0 unspecified atom stereocenters. The van der Waals surface area contributed by atoms with Gasteiger partial charge in [-0.1, -0.05) is 183 Å². The smallest absolute Gasteiger partial charge is 0.158 e. The number of rotatable bonds is 12. The molecule has 0 amide bonds. The Labute approximate surface area is 698 Å². The number of halogens is 1. The van der Waals surface area contributed by atoms with Gasteiger partial charge in [0.2, 0.25) is 0 Å². The van der Waals surface area contributed by atoms with Crippen molar-refractivity contribution in [1.82, 2.24) is 103 Å². The van der Waals surface area contributed by atoms with Crippen molar-refractivity contribution in [2.75, 3.05) is 22.9 Å². The molecule has 8 N–H and O–H groups in total. The Kier molecular flexibility index (Phi) is 19.0. The number of nitrogen functional groups attached to an aromatic ring is 4. The minimum atomic E-state index is -0.418. The highest BCUT2D eigenvalue weighted by Crippen LogP contribution is 2.45. The first-order valence-electron chi connectivity index (χ1n) is 41.3. The summed E-state index contributed by atoms with van der Waals surface area (Å²) < 4.78 is 23.2. The van der Waals surface area contributed by atoms with Crippen LogP contribution in [0, 0.1) is 12.7 Å². The van der Waals surface area contributed by atoms with Crippen molar-refractivity contribution in [3.63, 3.8) is 0 Å². The standard InChI is InChI=1S/C25H22N6.C24H19FN6.C24H20N6.C23H19N7/c1-15-12-20(16-6-3-2-4-7-16)29-21-13-18(10-11-19(15)21)22-23-24(26)27-14-28-31(23)25(30-22)17-8-5-9-17;25-19-17(11-9-15-10-12-18(29-20(15)19)14-5-2-1-3-6-14)21-22-23(26)27-13-28-31(22)24(30-21)16-7-4-8-16;25-23-22-21(29-24(17-7-4-8-17)30(22)27-14-26-23)18-10-9-16-11-12-19(28-20(16)13-18)15-5-2-1-3-6-15;24-22-21-20(29-23(15-4-3-5-15)30(21)27-13-26-22)16-8-7-14-9-10-18(28-19(14)12-16)17-6-1-2-11-25-17/h2-4,6-7,10-14,17H,5,8-9H2,1H3,(H2,26,27,28);1-3,5-6,9-13,16H,4,7-8H2,(H2,26,27,28);1-3,5-6,9-14,17H,4,7-8H2,(H2,25,26,27);1-2,6-13,15H,3-5H2,(H2,24,26,27). The van der Waals surface area contributed by atoms with Gasteiger partial charge in [0.05, 0.1) is 45.0 Å². The number of aromatic nitrogens is 21. The maximum atomic E-state index is 15.8. The van der Waals surface area contributed by atoms with Crippen LogP contribution in [0.2, 0.25) is 0 Å². The molecule has 24 rings (SSSR count). The van der Waals surface area contributed by atoms with Crippen LogP contribution in [0.5, 0.6) is 0 Å². The molecule has 20 aromatic rings. The lowest BCUT2D eigenvalue weighted by atomic mass is 9.85. The Morgan fingerprint density at radius 2 is 0.664 bits per heavy atom. The number of fused-ring (bicyclic) bond motifs is 8. The molecular formula is C96H80FN25. The molecule has 0 saturated heterocycles. The van der Waals surface area contributed by atoms with E-state index in [1.165, 1.54) is 50.1 Å². The largest absolute Gasteiger partial charge is 0.382 e. The van der Waals surface area contributed by atoms with E-state index < -0.39 is 5.82 Å². The van der Waals surface area contributed by atoms with Crippen molar-refractivity contribution >= 4 is 88.9 Å². The number of pyridine rings is 5. The van der Waals surface area contributed by atoms with Crippen LogP contribution in [0.1, 0.15) is 130 Å². The highest BCUT2D eigenvalue weighted by Gasteiger charge is 2.33. The first kappa shape index (κ1) is 74.2. The molecule has 0 bridgehead atoms. The molecule has 13 heterocycles. The number of hydrogen-bond acceptors (Lipinski definition) is 21. The van der Waals surface area contributed by atoms with Gasteiger partial charge in [0.15, 0.2) is 29.1 Å². The quantitative estimate of drug-likeness (QED) is 0.0882. The Morgan fingerprint density at radius 1 is 0.303 bits per heavy atom. The number of imidazole rings is 4. The van der Waals surface area contributed by atoms with Gasteiger partial charge in [0, 0.05) is 90.4 Å². The summed E-state index contributed by atoms with van der Waals surface area (Å²) >= 11 is 0. The van der Waals surface area contributed by atoms with Crippen LogP contribution < -0.4 is 22.9 Å². The van der Waals surface area contributed by atoms with Crippen LogP contribution in [0.25, 0.3) is 156 Å². The summed E-state index contributed by atoms with van der Waals surface area (Å²) in [5.41, 5.74) is 45.7. The van der Waals surface area contributed by atoms with E-state index in [1.807, 2.05) is 123 Å². The predicted octanol–water partition coefficient (Wildman–Crippen LogP) is 19.3. The summed E-state index contributed by atoms with van der Waals surface area (Å²) in [4.78, 5) is 60.3. The zero-order valence-electron chi connectivity index (χ0n) is 66.5. The topological polar surface area (TPSA) is 341 Å². The van der Waals surface area contributed by atoms with Crippen molar-refractivity contribution < 1.29 is 4.39 Å². The van der Waals surface area contributed by atoms with Gasteiger partial charge in [-0.05, 0) is 125 Å². The van der Waals surface area contributed by atoms with Gasteiger partial charge in [0.1, 0.15) is 99.0 Å². The van der Waals surface area contributed by atoms with Gasteiger partial charge in [0.25, 0.3) is 0 Å². The Morgan fingerprint density at radius 3 is 1.10 bits per heavy atom. The number of nitrogens with zero attached hydrogens (tertiary/aromatic N) is 21. The molecule has 596 valence electrons. The Bertz CT molecular complexity index is 7190. The van der Waals surface area contributed by atoms with Gasteiger partial charge in [-0.3, -0.25) is 4.98 Å². The molecule has 4 saturated carbocycles. The number of aryl methyl sites for hydroxylation is 1. The Balaban J connectivity index is 0.000000100. The van der Waals surface area contributed by atoms with E-state index in [4.69, 9.17) is 57.8 Å². The average molecular weight is 1600 g/mol. The maximum absolute atomic E-state index is 15.8. The van der Waals surface area contributed by atoms with E-state index in [-0.39, 0.29) is 5.82 Å². The lowest BCUT2D eigenvalue weighted by Crippen LogP contribution is -2.14. The van der Waals surface area contributed by atoms with E-state index in [2.05, 4.69) is 160 Å². The monoisotopic (exact) mass is 1600 g/mol. The van der Waals surface area contributed by atoms with Crippen LogP contribution in [0.4, 0.5) is 27.7 Å². The zero-order valence-corrected chi connectivity index (χ0v) is 66.5. The molecule has 122 heavy (non-hydrogen) atoms. The van der Waals surface area contributed by atoms with Gasteiger partial charge in [-0.2, -0.15) is 20.4 Å². The van der Waals surface area contributed by atoms with Gasteiger partial charge >= 0.3 is 0 Å². The number of benzene rings is 7. The molecule has 25 nitrogen and oxygen atoms in total. The van der Waals surface area contributed by atoms with Crippen LogP contribution in [0.3, 0.4) is 0 Å². The molecule has 4 aliphatic rings. The van der Waals surface area contributed by atoms with Crippen molar-refractivity contribution in [2.45, 2.75) is 108 Å². The van der Waals surface area contributed by atoms with Gasteiger partial charge in [-0.15, -0.1) is 0 Å². The third-order valence-electron chi connectivity index (χ3n) is 24.2. The second-order valence-corrected chi connectivity index (χ2v) is 31.7. The lowest BCUT2D eigenvalue weighted by molar-refractivity contribution is 0.396. The molecule has 4 fully saturated rings. The molecule has 0 atom stereocenters. The second-order valence-electron chi connectivity index (χ2n) is 31.7. The SMILES string of the molecule is Cc1cc(-c2ccccc2)nc2cc(-c3nc(C4CCC4)n4ncnc(N)c34)ccc12.Nc1ncnn2c(C3CCC3)nc(-c3ccc4ccc(-c5ccccc5)nc4c3)c12.Nc1ncnn2c(C3CCC3)nc(-c3ccc4ccc(-c5ccccc5)nc4c3F)c12.Nc1ncnn2c(C3CCC3)nc(-c3ccc4ccc(-c5ccccn5)nc4c3)c12. The van der Waals surface area contributed by atoms with Crippen LogP contribution in [-0.2, 0) is 0 Å². The fourth-order valence-electron chi connectivity index (χ4n) is 16.8.